The van der Waals surface area contributed by atoms with Crippen LogP contribution < -0.4 is 0 Å². The molecule has 1 atom stereocenters. The van der Waals surface area contributed by atoms with Crippen LogP contribution in [0.5, 0.6) is 0 Å². The maximum absolute atomic E-state index is 12.6. The lowest BCUT2D eigenvalue weighted by molar-refractivity contribution is -0.135. The van der Waals surface area contributed by atoms with Crippen LogP contribution in [0.4, 0.5) is 0 Å². The van der Waals surface area contributed by atoms with Crippen molar-refractivity contribution >= 4 is 11.8 Å². The van der Waals surface area contributed by atoms with Gasteiger partial charge in [0.05, 0.1) is 13.0 Å². The van der Waals surface area contributed by atoms with Gasteiger partial charge in [-0.05, 0) is 38.0 Å². The van der Waals surface area contributed by atoms with E-state index in [1.165, 1.54) is 0 Å². The second kappa shape index (κ2) is 6.89. The first-order valence-electron chi connectivity index (χ1n) is 8.53. The largest absolute Gasteiger partial charge is 0.371 e. The average Bonchev–Trinajstić information content (AvgIpc) is 2.90. The third kappa shape index (κ3) is 3.59. The Morgan fingerprint density at radius 1 is 1.33 bits per heavy atom. The van der Waals surface area contributed by atoms with Crippen LogP contribution in [0, 0.1) is 5.41 Å². The fourth-order valence-corrected chi connectivity index (χ4v) is 3.59. The lowest BCUT2D eigenvalue weighted by atomic mass is 9.87. The number of ether oxygens (including phenoxy) is 1. The molecule has 1 unspecified atom stereocenters. The summed E-state index contributed by atoms with van der Waals surface area (Å²) in [5.41, 5.74) is 0.844. The second-order valence-electron chi connectivity index (χ2n) is 7.21. The molecule has 2 saturated heterocycles. The SMILES string of the molecule is CC(C)N1CC2(CCN(C(=O)Cc3ccncc3)C2)COCC1=O. The molecule has 0 bridgehead atoms. The molecule has 2 aliphatic heterocycles. The fraction of sp³-hybridized carbons (Fsp3) is 0.611. The van der Waals surface area contributed by atoms with Crippen LogP contribution >= 0.6 is 0 Å². The summed E-state index contributed by atoms with van der Waals surface area (Å²) >= 11 is 0. The Labute approximate surface area is 142 Å². The topological polar surface area (TPSA) is 62.7 Å². The fourth-order valence-electron chi connectivity index (χ4n) is 3.59. The van der Waals surface area contributed by atoms with Crippen LogP contribution in [0.1, 0.15) is 25.8 Å². The zero-order valence-electron chi connectivity index (χ0n) is 14.4. The van der Waals surface area contributed by atoms with Gasteiger partial charge in [-0.1, -0.05) is 0 Å². The Bertz CT molecular complexity index is 605. The normalized spacial score (nSPS) is 24.7. The van der Waals surface area contributed by atoms with E-state index >= 15 is 0 Å². The van der Waals surface area contributed by atoms with Gasteiger partial charge in [0.1, 0.15) is 6.61 Å². The van der Waals surface area contributed by atoms with E-state index in [2.05, 4.69) is 4.98 Å². The quantitative estimate of drug-likeness (QED) is 0.832. The van der Waals surface area contributed by atoms with Crippen LogP contribution in [0.25, 0.3) is 0 Å². The molecule has 1 aromatic rings. The standard InChI is InChI=1S/C18H25N3O3/c1-14(2)21-12-18(13-24-10-17(21)23)5-8-20(11-18)16(22)9-15-3-6-19-7-4-15/h3-4,6-7,14H,5,8-13H2,1-2H3. The smallest absolute Gasteiger partial charge is 0.248 e. The minimum atomic E-state index is -0.135. The number of carbonyl (C=O) groups is 2. The summed E-state index contributed by atoms with van der Waals surface area (Å²) in [6.45, 7) is 6.80. The number of aromatic nitrogens is 1. The molecule has 24 heavy (non-hydrogen) atoms. The second-order valence-corrected chi connectivity index (χ2v) is 7.21. The van der Waals surface area contributed by atoms with Crippen molar-refractivity contribution in [3.05, 3.63) is 30.1 Å². The molecule has 1 aromatic heterocycles. The number of carbonyl (C=O) groups excluding carboxylic acids is 2. The average molecular weight is 331 g/mol. The third-order valence-corrected chi connectivity index (χ3v) is 4.98. The molecule has 0 aromatic carbocycles. The van der Waals surface area contributed by atoms with Crippen LogP contribution in [0.3, 0.4) is 0 Å². The summed E-state index contributed by atoms with van der Waals surface area (Å²) in [5, 5.41) is 0. The molecule has 6 nitrogen and oxygen atoms in total. The van der Waals surface area contributed by atoms with Gasteiger partial charge in [-0.25, -0.2) is 0 Å². The molecular formula is C18H25N3O3. The van der Waals surface area contributed by atoms with Gasteiger partial charge in [-0.3, -0.25) is 14.6 Å². The first kappa shape index (κ1) is 16.9. The molecular weight excluding hydrogens is 306 g/mol. The monoisotopic (exact) mass is 331 g/mol. The van der Waals surface area contributed by atoms with Crippen LogP contribution in [0.15, 0.2) is 24.5 Å². The summed E-state index contributed by atoms with van der Waals surface area (Å²) in [7, 11) is 0. The first-order valence-corrected chi connectivity index (χ1v) is 8.53. The molecule has 2 amide bonds. The Morgan fingerprint density at radius 2 is 2.08 bits per heavy atom. The van der Waals surface area contributed by atoms with Crippen molar-refractivity contribution < 1.29 is 14.3 Å². The highest BCUT2D eigenvalue weighted by atomic mass is 16.5. The summed E-state index contributed by atoms with van der Waals surface area (Å²) in [6.07, 6.45) is 4.69. The molecule has 3 heterocycles. The summed E-state index contributed by atoms with van der Waals surface area (Å²) < 4.78 is 5.63. The highest BCUT2D eigenvalue weighted by Crippen LogP contribution is 2.34. The maximum atomic E-state index is 12.6. The number of nitrogens with zero attached hydrogens (tertiary/aromatic N) is 3. The number of amides is 2. The molecule has 3 rings (SSSR count). The van der Waals surface area contributed by atoms with Gasteiger partial charge in [0.25, 0.3) is 0 Å². The van der Waals surface area contributed by atoms with Crippen molar-refractivity contribution in [3.63, 3.8) is 0 Å². The van der Waals surface area contributed by atoms with E-state index in [9.17, 15) is 9.59 Å². The maximum Gasteiger partial charge on any atom is 0.248 e. The number of hydrogen-bond donors (Lipinski definition) is 0. The Kier molecular flexibility index (Phi) is 4.85. The third-order valence-electron chi connectivity index (χ3n) is 4.98. The van der Waals surface area contributed by atoms with E-state index in [0.29, 0.717) is 26.1 Å². The molecule has 130 valence electrons. The van der Waals surface area contributed by atoms with Crippen LogP contribution in [0.2, 0.25) is 0 Å². The van der Waals surface area contributed by atoms with E-state index in [1.54, 1.807) is 12.4 Å². The minimum Gasteiger partial charge on any atom is -0.371 e. The number of rotatable bonds is 3. The highest BCUT2D eigenvalue weighted by Gasteiger charge is 2.44. The van der Waals surface area contributed by atoms with E-state index in [1.807, 2.05) is 35.8 Å². The van der Waals surface area contributed by atoms with Gasteiger partial charge >= 0.3 is 0 Å². The highest BCUT2D eigenvalue weighted by molar-refractivity contribution is 5.79. The van der Waals surface area contributed by atoms with Gasteiger partial charge < -0.3 is 14.5 Å². The molecule has 6 heteroatoms. The molecule has 0 radical (unpaired) electrons. The molecule has 0 aliphatic carbocycles. The number of likely N-dealkylation sites (tertiary alicyclic amines) is 1. The van der Waals surface area contributed by atoms with Gasteiger partial charge in [0.2, 0.25) is 11.8 Å². The molecule has 2 aliphatic rings. The van der Waals surface area contributed by atoms with Gasteiger partial charge in [-0.2, -0.15) is 0 Å². The Balaban J connectivity index is 1.67. The summed E-state index contributed by atoms with van der Waals surface area (Å²) in [5.74, 6) is 0.174. The summed E-state index contributed by atoms with van der Waals surface area (Å²) in [4.78, 5) is 32.5. The van der Waals surface area contributed by atoms with Crippen molar-refractivity contribution in [3.8, 4) is 0 Å². The lowest BCUT2D eigenvalue weighted by Crippen LogP contribution is -2.46. The van der Waals surface area contributed by atoms with Crippen molar-refractivity contribution in [2.24, 2.45) is 5.41 Å². The zero-order chi connectivity index (χ0) is 17.2. The van der Waals surface area contributed by atoms with Crippen molar-refractivity contribution in [1.29, 1.82) is 0 Å². The van der Waals surface area contributed by atoms with E-state index in [-0.39, 0.29) is 29.9 Å². The number of hydrogen-bond acceptors (Lipinski definition) is 4. The van der Waals surface area contributed by atoms with Crippen molar-refractivity contribution in [2.75, 3.05) is 32.8 Å². The Morgan fingerprint density at radius 3 is 2.79 bits per heavy atom. The zero-order valence-corrected chi connectivity index (χ0v) is 14.4. The van der Waals surface area contributed by atoms with E-state index < -0.39 is 0 Å². The van der Waals surface area contributed by atoms with E-state index in [4.69, 9.17) is 4.74 Å². The lowest BCUT2D eigenvalue weighted by Gasteiger charge is -2.34. The summed E-state index contributed by atoms with van der Waals surface area (Å²) in [6, 6.07) is 3.90. The molecule has 0 N–H and O–H groups in total. The predicted molar refractivity (Wildman–Crippen MR) is 89.2 cm³/mol. The Hall–Kier alpha value is -1.95. The van der Waals surface area contributed by atoms with Gasteiger partial charge in [0.15, 0.2) is 0 Å². The van der Waals surface area contributed by atoms with Gasteiger partial charge in [-0.15, -0.1) is 0 Å². The van der Waals surface area contributed by atoms with E-state index in [0.717, 1.165) is 18.5 Å². The number of pyridine rings is 1. The first-order chi connectivity index (χ1) is 11.5. The molecule has 1 spiro atoms. The van der Waals surface area contributed by atoms with Crippen molar-refractivity contribution in [2.45, 2.75) is 32.7 Å². The van der Waals surface area contributed by atoms with Crippen LogP contribution in [-0.2, 0) is 20.7 Å². The van der Waals surface area contributed by atoms with Gasteiger partial charge in [0, 0.05) is 43.5 Å². The predicted octanol–water partition coefficient (Wildman–Crippen LogP) is 1.11. The van der Waals surface area contributed by atoms with Crippen LogP contribution in [-0.4, -0.2) is 65.5 Å². The molecule has 0 saturated carbocycles. The molecule has 2 fully saturated rings. The van der Waals surface area contributed by atoms with Crippen molar-refractivity contribution in [1.82, 2.24) is 14.8 Å². The minimum absolute atomic E-state index is 0.0448.